The minimum atomic E-state index is -0.954. The van der Waals surface area contributed by atoms with E-state index in [2.05, 4.69) is 5.32 Å². The zero-order chi connectivity index (χ0) is 17.2. The van der Waals surface area contributed by atoms with Crippen molar-refractivity contribution in [2.45, 2.75) is 25.5 Å². The van der Waals surface area contributed by atoms with Crippen LogP contribution in [-0.2, 0) is 20.9 Å². The molecule has 1 amide bonds. The van der Waals surface area contributed by atoms with Gasteiger partial charge in [0.1, 0.15) is 0 Å². The Balaban J connectivity index is 1.79. The lowest BCUT2D eigenvalue weighted by molar-refractivity contribution is -0.137. The van der Waals surface area contributed by atoms with Crippen molar-refractivity contribution in [1.82, 2.24) is 5.32 Å². The second-order valence-electron chi connectivity index (χ2n) is 5.42. The third-order valence-electron chi connectivity index (χ3n) is 3.50. The van der Waals surface area contributed by atoms with Gasteiger partial charge >= 0.3 is 5.97 Å². The van der Waals surface area contributed by atoms with Crippen LogP contribution in [0.25, 0.3) is 0 Å². The molecule has 2 aromatic carbocycles. The minimum absolute atomic E-state index is 0.152. The first-order valence-corrected chi connectivity index (χ1v) is 7.83. The first-order valence-electron chi connectivity index (χ1n) is 7.83. The van der Waals surface area contributed by atoms with Crippen molar-refractivity contribution < 1.29 is 19.4 Å². The Hall–Kier alpha value is -2.66. The normalized spacial score (nSPS) is 11.7. The number of hydrogen-bond donors (Lipinski definition) is 2. The highest BCUT2D eigenvalue weighted by molar-refractivity contribution is 5.77. The average Bonchev–Trinajstić information content (AvgIpc) is 2.59. The van der Waals surface area contributed by atoms with Gasteiger partial charge in [-0.15, -0.1) is 0 Å². The standard InChI is InChI=1S/C19H21NO4/c21-18(11-12-24-14-15-7-3-1-4-8-15)20-17(13-19(22)23)16-9-5-2-6-10-16/h1-10,17H,11-14H2,(H,20,21)(H,22,23). The van der Waals surface area contributed by atoms with Gasteiger partial charge in [0, 0.05) is 6.42 Å². The third-order valence-corrected chi connectivity index (χ3v) is 3.50. The number of carboxylic acid groups (broad SMARTS) is 1. The first-order chi connectivity index (χ1) is 11.6. The number of amides is 1. The molecule has 2 rings (SSSR count). The average molecular weight is 327 g/mol. The molecule has 2 aromatic rings. The number of benzene rings is 2. The van der Waals surface area contributed by atoms with E-state index in [1.807, 2.05) is 48.5 Å². The Morgan fingerprint density at radius 2 is 1.62 bits per heavy atom. The van der Waals surface area contributed by atoms with Crippen LogP contribution < -0.4 is 5.32 Å². The molecule has 5 heteroatoms. The van der Waals surface area contributed by atoms with Crippen LogP contribution in [-0.4, -0.2) is 23.6 Å². The van der Waals surface area contributed by atoms with Crippen LogP contribution >= 0.6 is 0 Å². The molecule has 2 N–H and O–H groups in total. The number of ether oxygens (including phenoxy) is 1. The van der Waals surface area contributed by atoms with Crippen LogP contribution in [0.1, 0.15) is 30.0 Å². The number of aliphatic carboxylic acids is 1. The van der Waals surface area contributed by atoms with Gasteiger partial charge in [-0.05, 0) is 11.1 Å². The Labute approximate surface area is 141 Å². The number of nitrogens with one attached hydrogen (secondary N) is 1. The summed E-state index contributed by atoms with van der Waals surface area (Å²) in [6.45, 7) is 0.737. The summed E-state index contributed by atoms with van der Waals surface area (Å²) in [5.41, 5.74) is 1.82. The van der Waals surface area contributed by atoms with Crippen molar-refractivity contribution in [2.75, 3.05) is 6.61 Å². The molecule has 0 spiro atoms. The van der Waals surface area contributed by atoms with Gasteiger partial charge in [0.15, 0.2) is 0 Å². The monoisotopic (exact) mass is 327 g/mol. The van der Waals surface area contributed by atoms with E-state index in [9.17, 15) is 9.59 Å². The van der Waals surface area contributed by atoms with E-state index in [0.717, 1.165) is 11.1 Å². The van der Waals surface area contributed by atoms with Crippen molar-refractivity contribution in [3.8, 4) is 0 Å². The van der Waals surface area contributed by atoms with Crippen molar-refractivity contribution in [2.24, 2.45) is 0 Å². The maximum atomic E-state index is 12.0. The molecule has 0 heterocycles. The summed E-state index contributed by atoms with van der Waals surface area (Å²) in [4.78, 5) is 23.0. The van der Waals surface area contributed by atoms with Gasteiger partial charge in [0.2, 0.25) is 5.91 Å². The fourth-order valence-corrected chi connectivity index (χ4v) is 2.31. The summed E-state index contributed by atoms with van der Waals surface area (Å²) in [6.07, 6.45) is 0.0381. The molecule has 1 unspecified atom stereocenters. The number of carbonyl (C=O) groups excluding carboxylic acids is 1. The maximum Gasteiger partial charge on any atom is 0.305 e. The van der Waals surface area contributed by atoms with Crippen LogP contribution in [0.3, 0.4) is 0 Å². The number of carbonyl (C=O) groups is 2. The largest absolute Gasteiger partial charge is 0.481 e. The SMILES string of the molecule is O=C(O)CC(NC(=O)CCOCc1ccccc1)c1ccccc1. The molecule has 0 radical (unpaired) electrons. The van der Waals surface area contributed by atoms with Gasteiger partial charge in [-0.25, -0.2) is 0 Å². The quantitative estimate of drug-likeness (QED) is 0.694. The molecular weight excluding hydrogens is 306 g/mol. The van der Waals surface area contributed by atoms with Gasteiger partial charge < -0.3 is 15.2 Å². The maximum absolute atomic E-state index is 12.0. The van der Waals surface area contributed by atoms with Gasteiger partial charge in [0.25, 0.3) is 0 Å². The van der Waals surface area contributed by atoms with Gasteiger partial charge in [0.05, 0.1) is 25.7 Å². The fraction of sp³-hybridized carbons (Fsp3) is 0.263. The number of hydrogen-bond acceptors (Lipinski definition) is 3. The van der Waals surface area contributed by atoms with Crippen molar-refractivity contribution in [1.29, 1.82) is 0 Å². The highest BCUT2D eigenvalue weighted by atomic mass is 16.5. The molecule has 0 aliphatic carbocycles. The predicted molar refractivity (Wildman–Crippen MR) is 90.3 cm³/mol. The predicted octanol–water partition coefficient (Wildman–Crippen LogP) is 2.93. The van der Waals surface area contributed by atoms with Crippen molar-refractivity contribution >= 4 is 11.9 Å². The highest BCUT2D eigenvalue weighted by Crippen LogP contribution is 2.16. The lowest BCUT2D eigenvalue weighted by Gasteiger charge is -2.17. The molecule has 0 aliphatic rings. The summed E-state index contributed by atoms with van der Waals surface area (Å²) in [6, 6.07) is 18.3. The van der Waals surface area contributed by atoms with E-state index < -0.39 is 12.0 Å². The lowest BCUT2D eigenvalue weighted by Crippen LogP contribution is -2.30. The summed E-state index contributed by atoms with van der Waals surface area (Å²) in [7, 11) is 0. The molecule has 0 aromatic heterocycles. The van der Waals surface area contributed by atoms with Crippen molar-refractivity contribution in [3.63, 3.8) is 0 Å². The molecule has 0 fully saturated rings. The zero-order valence-electron chi connectivity index (χ0n) is 13.4. The molecule has 0 saturated carbocycles. The third kappa shape index (κ3) is 6.22. The highest BCUT2D eigenvalue weighted by Gasteiger charge is 2.17. The van der Waals surface area contributed by atoms with Crippen LogP contribution in [0, 0.1) is 0 Å². The van der Waals surface area contributed by atoms with Gasteiger partial charge in [-0.3, -0.25) is 9.59 Å². The van der Waals surface area contributed by atoms with E-state index >= 15 is 0 Å². The molecular formula is C19H21NO4. The molecule has 126 valence electrons. The Morgan fingerprint density at radius 1 is 1.00 bits per heavy atom. The lowest BCUT2D eigenvalue weighted by atomic mass is 10.0. The number of rotatable bonds is 9. The Kier molecular flexibility index (Phi) is 6.98. The summed E-state index contributed by atoms with van der Waals surface area (Å²) < 4.78 is 5.48. The van der Waals surface area contributed by atoms with E-state index in [1.54, 1.807) is 12.1 Å². The Morgan fingerprint density at radius 3 is 2.25 bits per heavy atom. The summed E-state index contributed by atoms with van der Waals surface area (Å²) >= 11 is 0. The molecule has 0 aliphatic heterocycles. The van der Waals surface area contributed by atoms with E-state index in [4.69, 9.17) is 9.84 Å². The van der Waals surface area contributed by atoms with Crippen LogP contribution in [0.4, 0.5) is 0 Å². The van der Waals surface area contributed by atoms with E-state index in [0.29, 0.717) is 6.61 Å². The molecule has 5 nitrogen and oxygen atoms in total. The smallest absolute Gasteiger partial charge is 0.305 e. The Bertz CT molecular complexity index is 643. The number of carboxylic acids is 1. The minimum Gasteiger partial charge on any atom is -0.481 e. The van der Waals surface area contributed by atoms with Crippen LogP contribution in [0.15, 0.2) is 60.7 Å². The fourth-order valence-electron chi connectivity index (χ4n) is 2.31. The van der Waals surface area contributed by atoms with Crippen LogP contribution in [0.5, 0.6) is 0 Å². The molecule has 0 bridgehead atoms. The van der Waals surface area contributed by atoms with E-state index in [-0.39, 0.29) is 25.4 Å². The molecule has 0 saturated heterocycles. The van der Waals surface area contributed by atoms with Crippen LogP contribution in [0.2, 0.25) is 0 Å². The molecule has 24 heavy (non-hydrogen) atoms. The topological polar surface area (TPSA) is 75.6 Å². The summed E-state index contributed by atoms with van der Waals surface area (Å²) in [5, 5.41) is 11.8. The van der Waals surface area contributed by atoms with Crippen molar-refractivity contribution in [3.05, 3.63) is 71.8 Å². The van der Waals surface area contributed by atoms with Gasteiger partial charge in [-0.1, -0.05) is 60.7 Å². The second-order valence-corrected chi connectivity index (χ2v) is 5.42. The summed E-state index contributed by atoms with van der Waals surface area (Å²) in [5.74, 6) is -1.18. The molecule has 1 atom stereocenters. The zero-order valence-corrected chi connectivity index (χ0v) is 13.4. The van der Waals surface area contributed by atoms with Gasteiger partial charge in [-0.2, -0.15) is 0 Å². The van der Waals surface area contributed by atoms with E-state index in [1.165, 1.54) is 0 Å². The first kappa shape index (κ1) is 17.7. The second kappa shape index (κ2) is 9.47.